The summed E-state index contributed by atoms with van der Waals surface area (Å²) >= 11 is 0. The SMILES string of the molecule is CC.O=c1[nH]ccc2cc(C(F)(F)F)n(-c3ccc(F)cc3)c(=O)c12. The number of rotatable bonds is 1. The molecule has 2 heterocycles. The van der Waals surface area contributed by atoms with E-state index >= 15 is 0 Å². The zero-order valence-electron chi connectivity index (χ0n) is 13.3. The van der Waals surface area contributed by atoms with E-state index in [0.29, 0.717) is 4.57 Å². The number of nitrogens with zero attached hydrogens (tertiary/aromatic N) is 1. The molecule has 8 heteroatoms. The summed E-state index contributed by atoms with van der Waals surface area (Å²) in [5, 5.41) is -0.519. The number of pyridine rings is 2. The summed E-state index contributed by atoms with van der Waals surface area (Å²) in [4.78, 5) is 26.5. The van der Waals surface area contributed by atoms with Crippen LogP contribution in [0.1, 0.15) is 19.5 Å². The van der Waals surface area contributed by atoms with Gasteiger partial charge in [0.1, 0.15) is 16.9 Å². The van der Waals surface area contributed by atoms with Crippen LogP contribution in [-0.2, 0) is 6.18 Å². The minimum Gasteiger partial charge on any atom is -0.328 e. The molecule has 0 aliphatic rings. The monoisotopic (exact) mass is 354 g/mol. The number of hydrogen-bond donors (Lipinski definition) is 1. The molecule has 3 rings (SSSR count). The molecule has 0 aliphatic carbocycles. The standard InChI is InChI=1S/C15H8F4N2O2.C2H6/c16-9-1-3-10(4-2-9)21-11(15(17,18)19)7-8-5-6-20-13(22)12(8)14(21)23;1-2/h1-7H,(H,20,22);1-2H3. The smallest absolute Gasteiger partial charge is 0.328 e. The van der Waals surface area contributed by atoms with Gasteiger partial charge in [-0.2, -0.15) is 13.2 Å². The van der Waals surface area contributed by atoms with Gasteiger partial charge < -0.3 is 4.98 Å². The molecule has 1 N–H and O–H groups in total. The molecule has 0 unspecified atom stereocenters. The van der Waals surface area contributed by atoms with Crippen molar-refractivity contribution < 1.29 is 17.6 Å². The Balaban J connectivity index is 0.00000109. The number of alkyl halides is 3. The average Bonchev–Trinajstić information content (AvgIpc) is 2.57. The lowest BCUT2D eigenvalue weighted by Crippen LogP contribution is -2.30. The second kappa shape index (κ2) is 6.92. The van der Waals surface area contributed by atoms with Crippen LogP contribution in [-0.4, -0.2) is 9.55 Å². The van der Waals surface area contributed by atoms with Crippen LogP contribution in [0.15, 0.2) is 52.2 Å². The molecule has 0 saturated carbocycles. The van der Waals surface area contributed by atoms with Crippen molar-refractivity contribution >= 4 is 10.8 Å². The Morgan fingerprint density at radius 1 is 1.00 bits per heavy atom. The second-order valence-electron chi connectivity index (χ2n) is 4.78. The first-order valence-corrected chi connectivity index (χ1v) is 7.39. The normalized spacial score (nSPS) is 11.1. The largest absolute Gasteiger partial charge is 0.431 e. The highest BCUT2D eigenvalue weighted by Crippen LogP contribution is 2.31. The number of hydrogen-bond acceptors (Lipinski definition) is 2. The molecular formula is C17H14F4N2O2. The van der Waals surface area contributed by atoms with Crippen LogP contribution in [0.3, 0.4) is 0 Å². The van der Waals surface area contributed by atoms with Gasteiger partial charge in [-0.15, -0.1) is 0 Å². The van der Waals surface area contributed by atoms with Crippen LogP contribution in [0, 0.1) is 5.82 Å². The molecule has 4 nitrogen and oxygen atoms in total. The zero-order chi connectivity index (χ0) is 18.8. The maximum absolute atomic E-state index is 13.3. The molecule has 0 bridgehead atoms. The molecule has 0 saturated heterocycles. The van der Waals surface area contributed by atoms with Gasteiger partial charge in [-0.05, 0) is 41.8 Å². The maximum atomic E-state index is 13.3. The molecule has 0 spiro atoms. The molecule has 2 aromatic heterocycles. The molecule has 25 heavy (non-hydrogen) atoms. The first-order valence-electron chi connectivity index (χ1n) is 7.39. The van der Waals surface area contributed by atoms with E-state index in [1.165, 1.54) is 6.07 Å². The Hall–Kier alpha value is -2.90. The topological polar surface area (TPSA) is 54.9 Å². The van der Waals surface area contributed by atoms with Gasteiger partial charge in [0.15, 0.2) is 0 Å². The maximum Gasteiger partial charge on any atom is 0.431 e. The van der Waals surface area contributed by atoms with E-state index in [-0.39, 0.29) is 11.1 Å². The summed E-state index contributed by atoms with van der Waals surface area (Å²) < 4.78 is 53.3. The third-order valence-electron chi connectivity index (χ3n) is 3.32. The van der Waals surface area contributed by atoms with Crippen molar-refractivity contribution in [2.75, 3.05) is 0 Å². The fourth-order valence-corrected chi connectivity index (χ4v) is 2.32. The van der Waals surface area contributed by atoms with Crippen molar-refractivity contribution in [3.05, 3.63) is 74.8 Å². The number of H-pyrrole nitrogens is 1. The molecule has 0 atom stereocenters. The molecule has 0 radical (unpaired) electrons. The van der Waals surface area contributed by atoms with E-state index in [0.717, 1.165) is 36.5 Å². The van der Waals surface area contributed by atoms with Gasteiger partial charge in [-0.3, -0.25) is 14.2 Å². The van der Waals surface area contributed by atoms with E-state index in [1.807, 2.05) is 13.8 Å². The van der Waals surface area contributed by atoms with E-state index in [9.17, 15) is 27.2 Å². The minimum absolute atomic E-state index is 0.121. The summed E-state index contributed by atoms with van der Waals surface area (Å²) in [6.45, 7) is 4.00. The molecule has 132 valence electrons. The van der Waals surface area contributed by atoms with Crippen molar-refractivity contribution in [1.29, 1.82) is 0 Å². The fraction of sp³-hybridized carbons (Fsp3) is 0.176. The predicted octanol–water partition coefficient (Wildman–Crippen LogP) is 3.86. The fourth-order valence-electron chi connectivity index (χ4n) is 2.32. The van der Waals surface area contributed by atoms with Crippen molar-refractivity contribution in [1.82, 2.24) is 9.55 Å². The van der Waals surface area contributed by atoms with Crippen molar-refractivity contribution in [3.8, 4) is 5.69 Å². The number of benzene rings is 1. The van der Waals surface area contributed by atoms with Crippen LogP contribution >= 0.6 is 0 Å². The first kappa shape index (κ1) is 18.4. The van der Waals surface area contributed by atoms with Crippen molar-refractivity contribution in [2.24, 2.45) is 0 Å². The summed E-state index contributed by atoms with van der Waals surface area (Å²) in [5.41, 5.74) is -3.35. The Morgan fingerprint density at radius 3 is 2.16 bits per heavy atom. The van der Waals surface area contributed by atoms with E-state index in [4.69, 9.17) is 0 Å². The van der Waals surface area contributed by atoms with E-state index in [2.05, 4.69) is 4.98 Å². The Bertz CT molecular complexity index is 1000. The van der Waals surface area contributed by atoms with Crippen molar-refractivity contribution in [2.45, 2.75) is 20.0 Å². The number of halogens is 4. The lowest BCUT2D eigenvalue weighted by Gasteiger charge is -2.16. The third kappa shape index (κ3) is 3.47. The van der Waals surface area contributed by atoms with E-state index in [1.54, 1.807) is 0 Å². The molecule has 1 aromatic carbocycles. The second-order valence-corrected chi connectivity index (χ2v) is 4.78. The Kier molecular flexibility index (Phi) is 5.10. The number of aromatic amines is 1. The van der Waals surface area contributed by atoms with Gasteiger partial charge in [0.25, 0.3) is 11.1 Å². The molecule has 0 aliphatic heterocycles. The van der Waals surface area contributed by atoms with Crippen LogP contribution in [0.25, 0.3) is 16.5 Å². The first-order chi connectivity index (χ1) is 11.8. The molecule has 3 aromatic rings. The van der Waals surface area contributed by atoms with Crippen LogP contribution in [0.2, 0.25) is 0 Å². The highest BCUT2D eigenvalue weighted by Gasteiger charge is 2.35. The molecular weight excluding hydrogens is 340 g/mol. The van der Waals surface area contributed by atoms with Crippen molar-refractivity contribution in [3.63, 3.8) is 0 Å². The average molecular weight is 354 g/mol. The number of nitrogens with one attached hydrogen (secondary N) is 1. The lowest BCUT2D eigenvalue weighted by atomic mass is 10.1. The van der Waals surface area contributed by atoms with Gasteiger partial charge in [0.2, 0.25) is 0 Å². The zero-order valence-corrected chi connectivity index (χ0v) is 13.3. The summed E-state index contributed by atoms with van der Waals surface area (Å²) in [6, 6.07) is 5.87. The highest BCUT2D eigenvalue weighted by atomic mass is 19.4. The quantitative estimate of drug-likeness (QED) is 0.675. The number of fused-ring (bicyclic) bond motifs is 1. The van der Waals surface area contributed by atoms with Gasteiger partial charge in [-0.1, -0.05) is 13.8 Å². The summed E-state index contributed by atoms with van der Waals surface area (Å²) in [5.74, 6) is -0.658. The highest BCUT2D eigenvalue weighted by molar-refractivity contribution is 5.81. The van der Waals surface area contributed by atoms with E-state index < -0.39 is 34.2 Å². The predicted molar refractivity (Wildman–Crippen MR) is 86.5 cm³/mol. The van der Waals surface area contributed by atoms with Gasteiger partial charge in [0, 0.05) is 11.9 Å². The molecule has 0 fully saturated rings. The van der Waals surface area contributed by atoms with Gasteiger partial charge in [-0.25, -0.2) is 4.39 Å². The Labute approximate surface area is 139 Å². The summed E-state index contributed by atoms with van der Waals surface area (Å²) in [7, 11) is 0. The third-order valence-corrected chi connectivity index (χ3v) is 3.32. The lowest BCUT2D eigenvalue weighted by molar-refractivity contribution is -0.142. The van der Waals surface area contributed by atoms with Gasteiger partial charge in [0.05, 0.1) is 0 Å². The summed E-state index contributed by atoms with van der Waals surface area (Å²) in [6.07, 6.45) is -3.67. The minimum atomic E-state index is -4.83. The Morgan fingerprint density at radius 2 is 1.60 bits per heavy atom. The van der Waals surface area contributed by atoms with Crippen LogP contribution in [0.5, 0.6) is 0 Å². The molecule has 0 amide bonds. The van der Waals surface area contributed by atoms with Gasteiger partial charge >= 0.3 is 6.18 Å². The van der Waals surface area contributed by atoms with Crippen LogP contribution < -0.4 is 11.1 Å². The number of aromatic nitrogens is 2. The van der Waals surface area contributed by atoms with Crippen LogP contribution in [0.4, 0.5) is 17.6 Å².